The van der Waals surface area contributed by atoms with E-state index in [4.69, 9.17) is 4.42 Å². The Labute approximate surface area is 117 Å². The third-order valence-corrected chi connectivity index (χ3v) is 4.88. The Balaban J connectivity index is 2.18. The van der Waals surface area contributed by atoms with E-state index in [2.05, 4.69) is 37.4 Å². The predicted octanol–water partition coefficient (Wildman–Crippen LogP) is 3.06. The van der Waals surface area contributed by atoms with E-state index in [1.54, 1.807) is 6.26 Å². The molecule has 0 bridgehead atoms. The first-order valence-electron chi connectivity index (χ1n) is 7.55. The molecule has 19 heavy (non-hydrogen) atoms. The molecule has 1 heterocycles. The van der Waals surface area contributed by atoms with Crippen molar-refractivity contribution in [2.45, 2.75) is 56.5 Å². The van der Waals surface area contributed by atoms with Gasteiger partial charge in [-0.1, -0.05) is 25.7 Å². The smallest absolute Gasteiger partial charge is 0.0935 e. The molecule has 2 rings (SSSR count). The minimum Gasteiger partial charge on any atom is -0.472 e. The van der Waals surface area contributed by atoms with Gasteiger partial charge >= 0.3 is 0 Å². The second kappa shape index (κ2) is 6.58. The van der Waals surface area contributed by atoms with Crippen LogP contribution in [0.15, 0.2) is 23.0 Å². The Morgan fingerprint density at radius 2 is 1.95 bits per heavy atom. The van der Waals surface area contributed by atoms with Crippen molar-refractivity contribution in [3.05, 3.63) is 24.2 Å². The van der Waals surface area contributed by atoms with Gasteiger partial charge in [-0.25, -0.2) is 0 Å². The average Bonchev–Trinajstić information content (AvgIpc) is 2.78. The summed E-state index contributed by atoms with van der Waals surface area (Å²) in [5.74, 6) is 0. The van der Waals surface area contributed by atoms with Crippen LogP contribution in [-0.2, 0) is 6.42 Å². The molecule has 0 radical (unpaired) electrons. The molecule has 3 heteroatoms. The number of nitrogens with one attached hydrogen (secondary N) is 1. The third kappa shape index (κ3) is 3.21. The largest absolute Gasteiger partial charge is 0.472 e. The fraction of sp³-hybridized carbons (Fsp3) is 0.750. The summed E-state index contributed by atoms with van der Waals surface area (Å²) >= 11 is 0. The number of nitrogens with zero attached hydrogens (tertiary/aromatic N) is 1. The second-order valence-electron chi connectivity index (χ2n) is 6.09. The van der Waals surface area contributed by atoms with Gasteiger partial charge in [0.2, 0.25) is 0 Å². The summed E-state index contributed by atoms with van der Waals surface area (Å²) < 4.78 is 5.22. The molecule has 3 nitrogen and oxygen atoms in total. The van der Waals surface area contributed by atoms with Gasteiger partial charge in [0, 0.05) is 11.6 Å². The topological polar surface area (TPSA) is 28.4 Å². The first kappa shape index (κ1) is 14.6. The summed E-state index contributed by atoms with van der Waals surface area (Å²) in [5.41, 5.74) is 1.58. The summed E-state index contributed by atoms with van der Waals surface area (Å²) in [6, 6.07) is 2.57. The van der Waals surface area contributed by atoms with Crippen LogP contribution in [0.1, 0.15) is 44.1 Å². The monoisotopic (exact) mass is 264 g/mol. The maximum atomic E-state index is 5.22. The van der Waals surface area contributed by atoms with Gasteiger partial charge in [0.25, 0.3) is 0 Å². The molecule has 108 valence electrons. The second-order valence-corrected chi connectivity index (χ2v) is 6.09. The molecule has 1 unspecified atom stereocenters. The van der Waals surface area contributed by atoms with Crippen LogP contribution in [0, 0.1) is 0 Å². The van der Waals surface area contributed by atoms with E-state index in [9.17, 15) is 0 Å². The molecule has 0 aliphatic heterocycles. The number of rotatable bonds is 5. The van der Waals surface area contributed by atoms with Crippen LogP contribution >= 0.6 is 0 Å². The fourth-order valence-electron chi connectivity index (χ4n) is 3.65. The zero-order chi connectivity index (χ0) is 13.7. The average molecular weight is 264 g/mol. The highest BCUT2D eigenvalue weighted by Gasteiger charge is 2.40. The van der Waals surface area contributed by atoms with Crippen molar-refractivity contribution in [3.8, 4) is 0 Å². The van der Waals surface area contributed by atoms with E-state index >= 15 is 0 Å². The number of likely N-dealkylation sites (N-methyl/N-ethyl adjacent to an activating group) is 2. The van der Waals surface area contributed by atoms with Crippen LogP contribution in [-0.4, -0.2) is 37.6 Å². The zero-order valence-corrected chi connectivity index (χ0v) is 12.6. The lowest BCUT2D eigenvalue weighted by molar-refractivity contribution is 0.0835. The molecule has 1 N–H and O–H groups in total. The lowest BCUT2D eigenvalue weighted by Gasteiger charge is -2.46. The molecule has 1 aliphatic rings. The van der Waals surface area contributed by atoms with E-state index in [0.29, 0.717) is 6.04 Å². The van der Waals surface area contributed by atoms with Crippen molar-refractivity contribution in [1.82, 2.24) is 10.2 Å². The molecule has 0 aromatic carbocycles. The zero-order valence-electron chi connectivity index (χ0n) is 12.6. The van der Waals surface area contributed by atoms with Gasteiger partial charge in [0.1, 0.15) is 0 Å². The third-order valence-electron chi connectivity index (χ3n) is 4.88. The van der Waals surface area contributed by atoms with Gasteiger partial charge < -0.3 is 14.6 Å². The molecule has 1 saturated carbocycles. The maximum Gasteiger partial charge on any atom is 0.0935 e. The molecule has 1 fully saturated rings. The Bertz CT molecular complexity index is 351. The highest BCUT2D eigenvalue weighted by molar-refractivity contribution is 5.12. The van der Waals surface area contributed by atoms with E-state index < -0.39 is 0 Å². The molecular weight excluding hydrogens is 236 g/mol. The van der Waals surface area contributed by atoms with E-state index in [-0.39, 0.29) is 5.54 Å². The molecule has 1 aliphatic carbocycles. The van der Waals surface area contributed by atoms with Crippen LogP contribution in [0.4, 0.5) is 0 Å². The fourth-order valence-corrected chi connectivity index (χ4v) is 3.65. The van der Waals surface area contributed by atoms with Crippen LogP contribution in [0.2, 0.25) is 0 Å². The molecule has 0 spiro atoms. The van der Waals surface area contributed by atoms with E-state index in [1.165, 1.54) is 44.1 Å². The minimum atomic E-state index is 0.280. The summed E-state index contributed by atoms with van der Waals surface area (Å²) in [6.07, 6.45) is 12.8. The molecule has 0 amide bonds. The van der Waals surface area contributed by atoms with E-state index in [0.717, 1.165) is 6.42 Å². The van der Waals surface area contributed by atoms with Gasteiger partial charge in [-0.05, 0) is 52.0 Å². The van der Waals surface area contributed by atoms with Crippen LogP contribution in [0.25, 0.3) is 0 Å². The predicted molar refractivity (Wildman–Crippen MR) is 79.4 cm³/mol. The Morgan fingerprint density at radius 1 is 1.26 bits per heavy atom. The molecule has 1 aromatic heterocycles. The van der Waals surface area contributed by atoms with Crippen LogP contribution in [0.5, 0.6) is 0 Å². The SMILES string of the molecule is CNC(Cc1ccoc1)C1(N(C)C)CCCCCC1. The lowest BCUT2D eigenvalue weighted by atomic mass is 9.79. The van der Waals surface area contributed by atoms with Gasteiger partial charge in [-0.15, -0.1) is 0 Å². The Kier molecular flexibility index (Phi) is 5.06. The summed E-state index contributed by atoms with van der Waals surface area (Å²) in [7, 11) is 6.58. The standard InChI is InChI=1S/C16H28N2O/c1-17-15(12-14-8-11-19-13-14)16(18(2)3)9-6-4-5-7-10-16/h8,11,13,15,17H,4-7,9-10,12H2,1-3H3. The normalized spacial score (nSPS) is 21.3. The molecule has 1 atom stereocenters. The number of furan rings is 1. The Hall–Kier alpha value is -0.800. The molecule has 1 aromatic rings. The van der Waals surface area contributed by atoms with Crippen molar-refractivity contribution in [2.75, 3.05) is 21.1 Å². The van der Waals surface area contributed by atoms with Crippen molar-refractivity contribution >= 4 is 0 Å². The molecule has 0 saturated heterocycles. The van der Waals surface area contributed by atoms with Crippen molar-refractivity contribution in [3.63, 3.8) is 0 Å². The first-order valence-corrected chi connectivity index (χ1v) is 7.55. The summed E-state index contributed by atoms with van der Waals surface area (Å²) in [6.45, 7) is 0. The van der Waals surface area contributed by atoms with Crippen molar-refractivity contribution in [2.24, 2.45) is 0 Å². The molecular formula is C16H28N2O. The van der Waals surface area contributed by atoms with Crippen LogP contribution in [0.3, 0.4) is 0 Å². The quantitative estimate of drug-likeness (QED) is 0.829. The van der Waals surface area contributed by atoms with Crippen molar-refractivity contribution in [1.29, 1.82) is 0 Å². The highest BCUT2D eigenvalue weighted by Crippen LogP contribution is 2.35. The van der Waals surface area contributed by atoms with Crippen LogP contribution < -0.4 is 5.32 Å². The van der Waals surface area contributed by atoms with E-state index in [1.807, 2.05) is 6.26 Å². The first-order chi connectivity index (χ1) is 9.19. The van der Waals surface area contributed by atoms with Gasteiger partial charge in [0.05, 0.1) is 12.5 Å². The maximum absolute atomic E-state index is 5.22. The lowest BCUT2D eigenvalue weighted by Crippen LogP contribution is -2.59. The Morgan fingerprint density at radius 3 is 2.42 bits per heavy atom. The number of hydrogen-bond acceptors (Lipinski definition) is 3. The van der Waals surface area contributed by atoms with Gasteiger partial charge in [0.15, 0.2) is 0 Å². The van der Waals surface area contributed by atoms with Gasteiger partial charge in [-0.3, -0.25) is 0 Å². The van der Waals surface area contributed by atoms with Gasteiger partial charge in [-0.2, -0.15) is 0 Å². The van der Waals surface area contributed by atoms with Crippen molar-refractivity contribution < 1.29 is 4.42 Å². The summed E-state index contributed by atoms with van der Waals surface area (Å²) in [4.78, 5) is 2.46. The number of hydrogen-bond donors (Lipinski definition) is 1. The highest BCUT2D eigenvalue weighted by atomic mass is 16.3. The minimum absolute atomic E-state index is 0.280. The summed E-state index contributed by atoms with van der Waals surface area (Å²) in [5, 5.41) is 3.58.